The van der Waals surface area contributed by atoms with Gasteiger partial charge in [-0.2, -0.15) is 5.10 Å². The van der Waals surface area contributed by atoms with E-state index < -0.39 is 12.3 Å². The lowest BCUT2D eigenvalue weighted by Gasteiger charge is -2.23. The van der Waals surface area contributed by atoms with Crippen molar-refractivity contribution >= 4 is 27.5 Å². The number of anilines is 1. The topological polar surface area (TPSA) is 73.4 Å². The van der Waals surface area contributed by atoms with E-state index in [2.05, 4.69) is 22.5 Å². The first-order valence-electron chi connectivity index (χ1n) is 11.5. The molecule has 1 amide bonds. The predicted molar refractivity (Wildman–Crippen MR) is 141 cm³/mol. The molecule has 2 N–H and O–H groups in total. The van der Waals surface area contributed by atoms with Crippen LogP contribution in [0.2, 0.25) is 0 Å². The SMILES string of the molecule is C=C[C@H]1O[C@@H](c2cn(-c3ccc(Br)cc3)nc2-c2ccc(F)cc2)N(CCc2ccc(N)cc2)C1=O. The van der Waals surface area contributed by atoms with E-state index in [1.54, 1.807) is 21.7 Å². The molecule has 36 heavy (non-hydrogen) atoms. The molecule has 1 fully saturated rings. The Labute approximate surface area is 216 Å². The van der Waals surface area contributed by atoms with Crippen molar-refractivity contribution in [1.82, 2.24) is 14.7 Å². The molecule has 1 aliphatic rings. The molecule has 0 spiro atoms. The third-order valence-electron chi connectivity index (χ3n) is 6.14. The van der Waals surface area contributed by atoms with Gasteiger partial charge in [0.05, 0.1) is 5.69 Å². The highest BCUT2D eigenvalue weighted by Crippen LogP contribution is 2.37. The molecule has 1 saturated heterocycles. The maximum absolute atomic E-state index is 13.7. The van der Waals surface area contributed by atoms with Crippen molar-refractivity contribution < 1.29 is 13.9 Å². The summed E-state index contributed by atoms with van der Waals surface area (Å²) in [5.41, 5.74) is 10.4. The molecule has 0 saturated carbocycles. The summed E-state index contributed by atoms with van der Waals surface area (Å²) >= 11 is 3.46. The van der Waals surface area contributed by atoms with Gasteiger partial charge in [0.25, 0.3) is 5.91 Å². The minimum Gasteiger partial charge on any atom is -0.399 e. The number of hydrogen-bond donors (Lipinski definition) is 1. The van der Waals surface area contributed by atoms with E-state index in [1.807, 2.05) is 54.7 Å². The van der Waals surface area contributed by atoms with E-state index in [4.69, 9.17) is 15.6 Å². The molecular weight excluding hydrogens is 523 g/mol. The van der Waals surface area contributed by atoms with Crippen LogP contribution in [0.25, 0.3) is 16.9 Å². The summed E-state index contributed by atoms with van der Waals surface area (Å²) < 4.78 is 22.6. The Bertz CT molecular complexity index is 1380. The first kappa shape index (κ1) is 24.0. The maximum atomic E-state index is 13.7. The molecule has 2 atom stereocenters. The van der Waals surface area contributed by atoms with Crippen molar-refractivity contribution in [3.63, 3.8) is 0 Å². The summed E-state index contributed by atoms with van der Waals surface area (Å²) in [6, 6.07) is 21.4. The Morgan fingerprint density at radius 2 is 1.75 bits per heavy atom. The molecular formula is C28H24BrFN4O2. The van der Waals surface area contributed by atoms with E-state index in [0.29, 0.717) is 29.9 Å². The number of amides is 1. The smallest absolute Gasteiger partial charge is 0.258 e. The number of halogens is 2. The van der Waals surface area contributed by atoms with E-state index in [1.165, 1.54) is 18.2 Å². The lowest BCUT2D eigenvalue weighted by molar-refractivity contribution is -0.129. The summed E-state index contributed by atoms with van der Waals surface area (Å²) in [5.74, 6) is -0.497. The number of aromatic nitrogens is 2. The highest BCUT2D eigenvalue weighted by Gasteiger charge is 2.41. The zero-order valence-electron chi connectivity index (χ0n) is 19.4. The Balaban J connectivity index is 1.55. The monoisotopic (exact) mass is 546 g/mol. The first-order chi connectivity index (χ1) is 17.4. The van der Waals surface area contributed by atoms with Gasteiger partial charge in [-0.3, -0.25) is 4.79 Å². The molecule has 1 aromatic heterocycles. The van der Waals surface area contributed by atoms with Crippen LogP contribution in [0.3, 0.4) is 0 Å². The van der Waals surface area contributed by atoms with E-state index >= 15 is 0 Å². The van der Waals surface area contributed by atoms with Gasteiger partial charge in [-0.05, 0) is 72.6 Å². The molecule has 0 radical (unpaired) electrons. The summed E-state index contributed by atoms with van der Waals surface area (Å²) in [6.45, 7) is 4.22. The van der Waals surface area contributed by atoms with Crippen LogP contribution >= 0.6 is 15.9 Å². The number of benzene rings is 3. The Morgan fingerprint density at radius 3 is 2.42 bits per heavy atom. The second-order valence-electron chi connectivity index (χ2n) is 8.53. The molecule has 8 heteroatoms. The number of hydrogen-bond acceptors (Lipinski definition) is 4. The fraction of sp³-hybridized carbons (Fsp3) is 0.143. The minimum atomic E-state index is -0.765. The summed E-state index contributed by atoms with van der Waals surface area (Å²) in [4.78, 5) is 14.9. The molecule has 182 valence electrons. The van der Waals surface area contributed by atoms with Crippen molar-refractivity contribution in [3.05, 3.63) is 113 Å². The number of nitrogens with zero attached hydrogens (tertiary/aromatic N) is 3. The van der Waals surface area contributed by atoms with Crippen LogP contribution in [0.4, 0.5) is 10.1 Å². The molecule has 5 rings (SSSR count). The summed E-state index contributed by atoms with van der Waals surface area (Å²) in [5, 5.41) is 4.81. The Morgan fingerprint density at radius 1 is 1.06 bits per heavy atom. The Hall–Kier alpha value is -3.75. The van der Waals surface area contributed by atoms with Crippen LogP contribution in [0, 0.1) is 5.82 Å². The molecule has 6 nitrogen and oxygen atoms in total. The molecule has 0 bridgehead atoms. The van der Waals surface area contributed by atoms with Gasteiger partial charge in [-0.25, -0.2) is 9.07 Å². The van der Waals surface area contributed by atoms with Crippen molar-refractivity contribution in [3.8, 4) is 16.9 Å². The van der Waals surface area contributed by atoms with Gasteiger partial charge < -0.3 is 15.4 Å². The third-order valence-corrected chi connectivity index (χ3v) is 6.67. The molecule has 3 aromatic carbocycles. The van der Waals surface area contributed by atoms with Crippen LogP contribution in [0.1, 0.15) is 17.4 Å². The number of nitrogens with two attached hydrogens (primary N) is 1. The molecule has 0 unspecified atom stereocenters. The second-order valence-corrected chi connectivity index (χ2v) is 9.44. The minimum absolute atomic E-state index is 0.160. The van der Waals surface area contributed by atoms with Crippen LogP contribution in [-0.2, 0) is 16.0 Å². The van der Waals surface area contributed by atoms with E-state index in [0.717, 1.165) is 21.3 Å². The molecule has 0 aliphatic carbocycles. The standard InChI is InChI=1S/C28H24BrFN4O2/c1-2-25-27(35)33(16-15-18-3-11-22(31)12-4-18)28(36-25)24-17-34(23-13-7-20(29)8-14-23)32-26(24)19-5-9-21(30)10-6-19/h2-14,17,25,28H,1,15-16,31H2/t25-,28+/m1/s1. The highest BCUT2D eigenvalue weighted by molar-refractivity contribution is 9.10. The van der Waals surface area contributed by atoms with Gasteiger partial charge >= 0.3 is 0 Å². The third kappa shape index (κ3) is 4.82. The van der Waals surface area contributed by atoms with Gasteiger partial charge in [0.15, 0.2) is 12.3 Å². The van der Waals surface area contributed by atoms with Crippen LogP contribution in [-0.4, -0.2) is 33.2 Å². The molecule has 2 heterocycles. The van der Waals surface area contributed by atoms with Crippen LogP contribution in [0.5, 0.6) is 0 Å². The van der Waals surface area contributed by atoms with Gasteiger partial charge in [0.1, 0.15) is 11.5 Å². The summed E-state index contributed by atoms with van der Waals surface area (Å²) in [7, 11) is 0. The van der Waals surface area contributed by atoms with Gasteiger partial charge in [0.2, 0.25) is 0 Å². The maximum Gasteiger partial charge on any atom is 0.258 e. The highest BCUT2D eigenvalue weighted by atomic mass is 79.9. The lowest BCUT2D eigenvalue weighted by atomic mass is 10.1. The zero-order chi connectivity index (χ0) is 25.2. The van der Waals surface area contributed by atoms with Gasteiger partial charge in [-0.15, -0.1) is 0 Å². The number of nitrogen functional groups attached to an aromatic ring is 1. The predicted octanol–water partition coefficient (Wildman–Crippen LogP) is 5.68. The average molecular weight is 547 g/mol. The number of carbonyl (C=O) groups excluding carboxylic acids is 1. The average Bonchev–Trinajstić information content (AvgIpc) is 3.46. The molecule has 4 aromatic rings. The van der Waals surface area contributed by atoms with E-state index in [-0.39, 0.29) is 11.7 Å². The lowest BCUT2D eigenvalue weighted by Crippen LogP contribution is -2.32. The Kier molecular flexibility index (Phi) is 6.71. The van der Waals surface area contributed by atoms with Gasteiger partial charge in [0, 0.05) is 34.0 Å². The van der Waals surface area contributed by atoms with Crippen molar-refractivity contribution in [2.75, 3.05) is 12.3 Å². The second kappa shape index (κ2) is 10.1. The quantitative estimate of drug-likeness (QED) is 0.239. The van der Waals surface area contributed by atoms with E-state index in [9.17, 15) is 9.18 Å². The fourth-order valence-electron chi connectivity index (χ4n) is 4.23. The molecule has 1 aliphatic heterocycles. The first-order valence-corrected chi connectivity index (χ1v) is 12.3. The number of ether oxygens (including phenoxy) is 1. The van der Waals surface area contributed by atoms with Gasteiger partial charge in [-0.1, -0.05) is 40.7 Å². The number of carbonyl (C=O) groups is 1. The summed E-state index contributed by atoms with van der Waals surface area (Å²) in [6.07, 6.45) is 2.55. The van der Waals surface area contributed by atoms with Crippen LogP contribution in [0.15, 0.2) is 96.1 Å². The van der Waals surface area contributed by atoms with Crippen LogP contribution < -0.4 is 5.73 Å². The van der Waals surface area contributed by atoms with Crippen molar-refractivity contribution in [2.24, 2.45) is 0 Å². The fourth-order valence-corrected chi connectivity index (χ4v) is 4.50. The largest absolute Gasteiger partial charge is 0.399 e. The normalized spacial score (nSPS) is 17.5. The van der Waals surface area contributed by atoms with Crippen molar-refractivity contribution in [1.29, 1.82) is 0 Å². The van der Waals surface area contributed by atoms with Crippen molar-refractivity contribution in [2.45, 2.75) is 18.8 Å². The number of rotatable bonds is 7. The zero-order valence-corrected chi connectivity index (χ0v) is 20.9.